The van der Waals surface area contributed by atoms with Crippen molar-refractivity contribution in [2.24, 2.45) is 0 Å². The first-order valence-corrected chi connectivity index (χ1v) is 10.4. The quantitative estimate of drug-likeness (QED) is 0.792. The summed E-state index contributed by atoms with van der Waals surface area (Å²) in [6, 6.07) is 10.6. The van der Waals surface area contributed by atoms with E-state index >= 15 is 0 Å². The van der Waals surface area contributed by atoms with E-state index in [-0.39, 0.29) is 13.2 Å². The van der Waals surface area contributed by atoms with Gasteiger partial charge in [0.25, 0.3) is 0 Å². The first kappa shape index (κ1) is 19.4. The second-order valence-corrected chi connectivity index (χ2v) is 7.97. The van der Waals surface area contributed by atoms with Crippen molar-refractivity contribution >= 4 is 23.7 Å². The maximum atomic E-state index is 12.7. The summed E-state index contributed by atoms with van der Waals surface area (Å²) in [6.07, 6.45) is 9.51. The Labute approximate surface area is 173 Å². The van der Waals surface area contributed by atoms with Crippen LogP contribution in [0.15, 0.2) is 42.6 Å². The molecule has 4 rings (SSSR count). The molecule has 5 nitrogen and oxygen atoms in total. The van der Waals surface area contributed by atoms with Crippen LogP contribution in [0, 0.1) is 6.92 Å². The molecule has 1 aromatic heterocycles. The number of hydrogen-bond donors (Lipinski definition) is 1. The van der Waals surface area contributed by atoms with Crippen LogP contribution in [0.3, 0.4) is 0 Å². The SMILES string of the molecule is Cc1ccccc1C1CCCN(C(=O)/C=C/c2cnc3c(c2)CCC(=O)N3)CC1.[HH]. The Morgan fingerprint density at radius 1 is 1.24 bits per heavy atom. The highest BCUT2D eigenvalue weighted by atomic mass is 16.2. The summed E-state index contributed by atoms with van der Waals surface area (Å²) in [5, 5.41) is 2.78. The molecule has 0 aliphatic carbocycles. The number of pyridine rings is 1. The van der Waals surface area contributed by atoms with Gasteiger partial charge in [0.1, 0.15) is 5.82 Å². The monoisotopic (exact) mass is 391 g/mol. The third kappa shape index (κ3) is 4.56. The number of carbonyl (C=O) groups is 2. The number of anilines is 1. The molecule has 2 aliphatic rings. The Balaban J connectivity index is 0.00000256. The second-order valence-electron chi connectivity index (χ2n) is 7.97. The molecule has 5 heteroatoms. The summed E-state index contributed by atoms with van der Waals surface area (Å²) in [5.74, 6) is 1.23. The van der Waals surface area contributed by atoms with E-state index < -0.39 is 0 Å². The molecule has 1 atom stereocenters. The minimum absolute atomic E-state index is 0. The molecule has 1 fully saturated rings. The number of nitrogens with one attached hydrogen (secondary N) is 1. The molecule has 1 aromatic carbocycles. The molecule has 1 saturated heterocycles. The summed E-state index contributed by atoms with van der Waals surface area (Å²) in [7, 11) is 0. The van der Waals surface area contributed by atoms with Crippen molar-refractivity contribution in [2.45, 2.75) is 44.9 Å². The van der Waals surface area contributed by atoms with Crippen LogP contribution in [-0.2, 0) is 16.0 Å². The van der Waals surface area contributed by atoms with E-state index in [4.69, 9.17) is 0 Å². The van der Waals surface area contributed by atoms with E-state index in [9.17, 15) is 9.59 Å². The topological polar surface area (TPSA) is 62.3 Å². The fourth-order valence-electron chi connectivity index (χ4n) is 4.31. The van der Waals surface area contributed by atoms with Crippen LogP contribution < -0.4 is 5.32 Å². The van der Waals surface area contributed by atoms with Crippen LogP contribution in [0.4, 0.5) is 5.82 Å². The van der Waals surface area contributed by atoms with Gasteiger partial charge >= 0.3 is 0 Å². The zero-order valence-corrected chi connectivity index (χ0v) is 16.9. The number of carbonyl (C=O) groups excluding carboxylic acids is 2. The summed E-state index contributed by atoms with van der Waals surface area (Å²) < 4.78 is 0. The molecule has 2 aliphatic heterocycles. The van der Waals surface area contributed by atoms with Crippen molar-refractivity contribution in [2.75, 3.05) is 18.4 Å². The van der Waals surface area contributed by atoms with Crippen molar-refractivity contribution in [3.05, 3.63) is 64.9 Å². The molecule has 1 unspecified atom stereocenters. The largest absolute Gasteiger partial charge is 0.339 e. The zero-order chi connectivity index (χ0) is 20.2. The third-order valence-corrected chi connectivity index (χ3v) is 5.95. The minimum atomic E-state index is 0. The summed E-state index contributed by atoms with van der Waals surface area (Å²) in [6.45, 7) is 3.76. The van der Waals surface area contributed by atoms with E-state index in [0.717, 1.165) is 43.5 Å². The number of amides is 2. The van der Waals surface area contributed by atoms with Gasteiger partial charge in [-0.1, -0.05) is 24.3 Å². The molecular weight excluding hydrogens is 362 g/mol. The van der Waals surface area contributed by atoms with Crippen molar-refractivity contribution in [1.29, 1.82) is 0 Å². The average molecular weight is 392 g/mol. The number of hydrogen-bond acceptors (Lipinski definition) is 3. The highest BCUT2D eigenvalue weighted by molar-refractivity contribution is 5.93. The number of fused-ring (bicyclic) bond motifs is 1. The minimum Gasteiger partial charge on any atom is -0.339 e. The van der Waals surface area contributed by atoms with Gasteiger partial charge in [0.2, 0.25) is 11.8 Å². The molecule has 152 valence electrons. The Hall–Kier alpha value is -2.95. The van der Waals surface area contributed by atoms with E-state index in [1.54, 1.807) is 12.3 Å². The van der Waals surface area contributed by atoms with Gasteiger partial charge in [-0.2, -0.15) is 0 Å². The molecule has 2 amide bonds. The van der Waals surface area contributed by atoms with Crippen LogP contribution in [-0.4, -0.2) is 34.8 Å². The van der Waals surface area contributed by atoms with Crippen molar-refractivity contribution in [3.63, 3.8) is 0 Å². The maximum Gasteiger partial charge on any atom is 0.246 e. The van der Waals surface area contributed by atoms with Gasteiger partial charge in [-0.15, -0.1) is 0 Å². The first-order valence-electron chi connectivity index (χ1n) is 10.4. The van der Waals surface area contributed by atoms with Gasteiger partial charge in [-0.25, -0.2) is 4.98 Å². The lowest BCUT2D eigenvalue weighted by Crippen LogP contribution is -2.30. The number of rotatable bonds is 3. The van der Waals surface area contributed by atoms with E-state index in [1.807, 2.05) is 17.0 Å². The number of likely N-dealkylation sites (tertiary alicyclic amines) is 1. The zero-order valence-electron chi connectivity index (χ0n) is 16.9. The molecule has 2 aromatic rings. The predicted molar refractivity (Wildman–Crippen MR) is 117 cm³/mol. The van der Waals surface area contributed by atoms with E-state index in [2.05, 4.69) is 41.5 Å². The van der Waals surface area contributed by atoms with Crippen LogP contribution in [0.1, 0.15) is 55.3 Å². The molecular formula is C24H29N3O2. The molecule has 0 spiro atoms. The normalized spacial score (nSPS) is 19.6. The van der Waals surface area contributed by atoms with E-state index in [1.165, 1.54) is 11.1 Å². The highest BCUT2D eigenvalue weighted by Gasteiger charge is 2.21. The lowest BCUT2D eigenvalue weighted by atomic mass is 9.89. The Morgan fingerprint density at radius 2 is 2.10 bits per heavy atom. The number of aryl methyl sites for hydroxylation is 2. The Morgan fingerprint density at radius 3 is 2.97 bits per heavy atom. The summed E-state index contributed by atoms with van der Waals surface area (Å²) in [4.78, 5) is 30.5. The number of nitrogens with zero attached hydrogens (tertiary/aromatic N) is 2. The first-order chi connectivity index (χ1) is 14.1. The Kier molecular flexibility index (Phi) is 5.74. The van der Waals surface area contributed by atoms with Gasteiger partial charge in [0, 0.05) is 33.2 Å². The molecule has 3 heterocycles. The lowest BCUT2D eigenvalue weighted by Gasteiger charge is -2.20. The highest BCUT2D eigenvalue weighted by Crippen LogP contribution is 2.30. The van der Waals surface area contributed by atoms with Crippen LogP contribution in [0.5, 0.6) is 0 Å². The van der Waals surface area contributed by atoms with Crippen molar-refractivity contribution < 1.29 is 11.0 Å². The fraction of sp³-hybridized carbons (Fsp3) is 0.375. The fourth-order valence-corrected chi connectivity index (χ4v) is 4.31. The smallest absolute Gasteiger partial charge is 0.246 e. The van der Waals surface area contributed by atoms with Gasteiger partial charge in [0.05, 0.1) is 0 Å². The van der Waals surface area contributed by atoms with Gasteiger partial charge in [-0.3, -0.25) is 9.59 Å². The number of benzene rings is 1. The van der Waals surface area contributed by atoms with Gasteiger partial charge in [-0.05, 0) is 72.9 Å². The third-order valence-electron chi connectivity index (χ3n) is 5.95. The van der Waals surface area contributed by atoms with E-state index in [0.29, 0.717) is 24.6 Å². The van der Waals surface area contributed by atoms with Crippen LogP contribution >= 0.6 is 0 Å². The van der Waals surface area contributed by atoms with Crippen molar-refractivity contribution in [1.82, 2.24) is 9.88 Å². The Bertz CT molecular complexity index is 957. The standard InChI is InChI=1S/C24H27N3O2.H2/c1-17-5-2-3-7-21(17)19-6-4-13-27(14-12-19)23(29)11-8-18-15-20-9-10-22(28)26-24(20)25-16-18;/h2-3,5,7-8,11,15-16,19H,4,6,9-10,12-14H2,1H3,(H,25,26,28);1H/b11-8+;. The van der Waals surface area contributed by atoms with Crippen LogP contribution in [0.2, 0.25) is 0 Å². The summed E-state index contributed by atoms with van der Waals surface area (Å²) in [5.41, 5.74) is 4.67. The molecule has 1 N–H and O–H groups in total. The molecule has 29 heavy (non-hydrogen) atoms. The molecule has 0 saturated carbocycles. The molecule has 0 radical (unpaired) electrons. The molecule has 0 bridgehead atoms. The lowest BCUT2D eigenvalue weighted by molar-refractivity contribution is -0.126. The average Bonchev–Trinajstić information content (AvgIpc) is 2.98. The summed E-state index contributed by atoms with van der Waals surface area (Å²) >= 11 is 0. The van der Waals surface area contributed by atoms with Gasteiger partial charge in [0.15, 0.2) is 0 Å². The predicted octanol–water partition coefficient (Wildman–Crippen LogP) is 4.33. The second kappa shape index (κ2) is 8.60. The number of aromatic nitrogens is 1. The van der Waals surface area contributed by atoms with Crippen LogP contribution in [0.25, 0.3) is 6.08 Å². The van der Waals surface area contributed by atoms with Crippen molar-refractivity contribution in [3.8, 4) is 0 Å². The maximum absolute atomic E-state index is 12.7. The van der Waals surface area contributed by atoms with Gasteiger partial charge < -0.3 is 10.2 Å².